The van der Waals surface area contributed by atoms with E-state index in [0.717, 1.165) is 81.2 Å². The van der Waals surface area contributed by atoms with Crippen LogP contribution in [0.5, 0.6) is 5.75 Å². The number of piperazine rings is 1. The van der Waals surface area contributed by atoms with E-state index in [1.54, 1.807) is 7.11 Å². The largest absolute Gasteiger partial charge is 0.495 e. The van der Waals surface area contributed by atoms with E-state index in [1.165, 1.54) is 0 Å². The maximum absolute atomic E-state index is 5.79. The van der Waals surface area contributed by atoms with Gasteiger partial charge in [-0.2, -0.15) is 0 Å². The fourth-order valence-corrected chi connectivity index (χ4v) is 4.06. The molecule has 3 heterocycles. The molecule has 10 heteroatoms. The first-order valence-electron chi connectivity index (χ1n) is 11.0. The summed E-state index contributed by atoms with van der Waals surface area (Å²) in [6.07, 6.45) is 2.50. The fourth-order valence-electron chi connectivity index (χ4n) is 4.06. The molecule has 2 saturated heterocycles. The van der Waals surface area contributed by atoms with Crippen LogP contribution < -0.4 is 15.0 Å². The van der Waals surface area contributed by atoms with Crippen LogP contribution in [0.15, 0.2) is 29.3 Å². The highest BCUT2D eigenvalue weighted by atomic mass is 127. The number of benzene rings is 1. The van der Waals surface area contributed by atoms with E-state index in [0.29, 0.717) is 6.54 Å². The Morgan fingerprint density at radius 1 is 1.22 bits per heavy atom. The van der Waals surface area contributed by atoms with Crippen LogP contribution >= 0.6 is 24.0 Å². The quantitative estimate of drug-likeness (QED) is 0.333. The van der Waals surface area contributed by atoms with Crippen LogP contribution in [0, 0.1) is 6.92 Å². The van der Waals surface area contributed by atoms with Crippen molar-refractivity contribution in [2.45, 2.75) is 32.4 Å². The van der Waals surface area contributed by atoms with Gasteiger partial charge in [0.2, 0.25) is 0 Å². The van der Waals surface area contributed by atoms with Gasteiger partial charge < -0.3 is 29.2 Å². The van der Waals surface area contributed by atoms with Crippen molar-refractivity contribution < 1.29 is 9.47 Å². The number of aromatic nitrogens is 3. The third kappa shape index (κ3) is 5.83. The molecule has 2 aromatic rings. The minimum atomic E-state index is 0. The fraction of sp³-hybridized carbons (Fsp3) is 0.591. The van der Waals surface area contributed by atoms with E-state index in [9.17, 15) is 0 Å². The summed E-state index contributed by atoms with van der Waals surface area (Å²) in [4.78, 5) is 9.59. The number of halogens is 1. The number of nitrogens with zero attached hydrogens (tertiary/aromatic N) is 6. The molecule has 1 atom stereocenters. The van der Waals surface area contributed by atoms with E-state index in [-0.39, 0.29) is 30.1 Å². The Morgan fingerprint density at radius 2 is 2.00 bits per heavy atom. The molecule has 9 nitrogen and oxygen atoms in total. The Labute approximate surface area is 207 Å². The summed E-state index contributed by atoms with van der Waals surface area (Å²) >= 11 is 0. The van der Waals surface area contributed by atoms with Crippen molar-refractivity contribution in [3.05, 3.63) is 35.9 Å². The molecular formula is C22H34IN7O2. The van der Waals surface area contributed by atoms with Crippen LogP contribution in [0.1, 0.15) is 24.5 Å². The number of hydrogen-bond acceptors (Lipinski definition) is 6. The molecule has 4 rings (SSSR count). The molecule has 1 aromatic heterocycles. The minimum absolute atomic E-state index is 0. The summed E-state index contributed by atoms with van der Waals surface area (Å²) in [5.74, 6) is 3.58. The Morgan fingerprint density at radius 3 is 2.66 bits per heavy atom. The van der Waals surface area contributed by atoms with E-state index in [1.807, 2.05) is 30.7 Å². The highest BCUT2D eigenvalue weighted by Crippen LogP contribution is 2.28. The van der Waals surface area contributed by atoms with Gasteiger partial charge in [0, 0.05) is 46.4 Å². The third-order valence-electron chi connectivity index (χ3n) is 6.07. The summed E-state index contributed by atoms with van der Waals surface area (Å²) < 4.78 is 13.3. The maximum Gasteiger partial charge on any atom is 0.194 e. The van der Waals surface area contributed by atoms with Gasteiger partial charge in [0.15, 0.2) is 11.8 Å². The Balaban J connectivity index is 0.00000289. The van der Waals surface area contributed by atoms with Gasteiger partial charge in [0.25, 0.3) is 0 Å². The number of methoxy groups -OCH3 is 1. The van der Waals surface area contributed by atoms with Crippen molar-refractivity contribution in [2.75, 3.05) is 51.3 Å². The van der Waals surface area contributed by atoms with Crippen LogP contribution in [0.25, 0.3) is 0 Å². The van der Waals surface area contributed by atoms with Crippen molar-refractivity contribution in [1.82, 2.24) is 25.0 Å². The summed E-state index contributed by atoms with van der Waals surface area (Å²) in [6.45, 7) is 7.67. The van der Waals surface area contributed by atoms with Gasteiger partial charge in [-0.05, 0) is 31.9 Å². The van der Waals surface area contributed by atoms with Crippen molar-refractivity contribution >= 4 is 35.6 Å². The number of nitrogens with one attached hydrogen (secondary N) is 1. The topological polar surface area (TPSA) is 80.0 Å². The molecule has 32 heavy (non-hydrogen) atoms. The van der Waals surface area contributed by atoms with Gasteiger partial charge in [0.1, 0.15) is 18.1 Å². The zero-order chi connectivity index (χ0) is 21.6. The van der Waals surface area contributed by atoms with Gasteiger partial charge in [-0.3, -0.25) is 0 Å². The lowest BCUT2D eigenvalue weighted by Crippen LogP contribution is -2.53. The van der Waals surface area contributed by atoms with Crippen molar-refractivity contribution in [3.63, 3.8) is 0 Å². The highest BCUT2D eigenvalue weighted by molar-refractivity contribution is 14.0. The summed E-state index contributed by atoms with van der Waals surface area (Å²) in [5, 5.41) is 12.0. The number of hydrogen-bond donors (Lipinski definition) is 1. The molecule has 0 saturated carbocycles. The molecule has 2 aliphatic heterocycles. The first kappa shape index (κ1) is 24.6. The molecule has 0 radical (unpaired) electrons. The maximum atomic E-state index is 5.79. The second kappa shape index (κ2) is 11.7. The lowest BCUT2D eigenvalue weighted by molar-refractivity contribution is 0.113. The molecule has 0 bridgehead atoms. The van der Waals surface area contributed by atoms with Gasteiger partial charge >= 0.3 is 0 Å². The number of anilines is 1. The Kier molecular flexibility index (Phi) is 8.97. The van der Waals surface area contributed by atoms with Crippen LogP contribution in [0.2, 0.25) is 0 Å². The number of guanidine groups is 1. The standard InChI is InChI=1S/C22H33N7O2.HI/c1-17-25-26-21(27(17)2)16-24-22(23-15-18-7-6-14-31-18)29-12-10-28(11-13-29)19-8-4-5-9-20(19)30-3;/h4-5,8-9,18H,6-7,10-16H2,1-3H3,(H,23,24);1H. The lowest BCUT2D eigenvalue weighted by Gasteiger charge is -2.38. The zero-order valence-electron chi connectivity index (χ0n) is 19.2. The van der Waals surface area contributed by atoms with Crippen LogP contribution in [-0.2, 0) is 18.3 Å². The summed E-state index contributed by atoms with van der Waals surface area (Å²) in [7, 11) is 3.70. The van der Waals surface area contributed by atoms with Crippen molar-refractivity contribution in [1.29, 1.82) is 0 Å². The predicted molar refractivity (Wildman–Crippen MR) is 136 cm³/mol. The number of rotatable bonds is 6. The molecular weight excluding hydrogens is 521 g/mol. The van der Waals surface area contributed by atoms with Crippen molar-refractivity contribution in [2.24, 2.45) is 12.0 Å². The number of aliphatic imine (C=N–C) groups is 1. The molecule has 1 N–H and O–H groups in total. The minimum Gasteiger partial charge on any atom is -0.495 e. The normalized spacial score (nSPS) is 19.1. The van der Waals surface area contributed by atoms with Crippen LogP contribution in [0.3, 0.4) is 0 Å². The predicted octanol–water partition coefficient (Wildman–Crippen LogP) is 2.20. The molecule has 0 spiro atoms. The van der Waals surface area contributed by atoms with Crippen molar-refractivity contribution in [3.8, 4) is 5.75 Å². The van der Waals surface area contributed by atoms with E-state index in [2.05, 4.69) is 37.4 Å². The number of ether oxygens (including phenoxy) is 2. The highest BCUT2D eigenvalue weighted by Gasteiger charge is 2.23. The van der Waals surface area contributed by atoms with Crippen LogP contribution in [-0.4, -0.2) is 78.2 Å². The molecule has 2 fully saturated rings. The monoisotopic (exact) mass is 555 g/mol. The van der Waals surface area contributed by atoms with Gasteiger partial charge in [-0.25, -0.2) is 4.99 Å². The molecule has 1 aromatic carbocycles. The average Bonchev–Trinajstić information content (AvgIpc) is 3.44. The molecule has 176 valence electrons. The first-order chi connectivity index (χ1) is 15.2. The molecule has 0 amide bonds. The third-order valence-corrected chi connectivity index (χ3v) is 6.07. The number of para-hydroxylation sites is 2. The Bertz CT molecular complexity index is 890. The van der Waals surface area contributed by atoms with E-state index in [4.69, 9.17) is 14.5 Å². The van der Waals surface area contributed by atoms with E-state index >= 15 is 0 Å². The van der Waals surface area contributed by atoms with Gasteiger partial charge in [0.05, 0.1) is 18.9 Å². The molecule has 1 unspecified atom stereocenters. The van der Waals surface area contributed by atoms with Gasteiger partial charge in [-0.1, -0.05) is 12.1 Å². The first-order valence-corrected chi connectivity index (χ1v) is 11.0. The Hall–Kier alpha value is -2.08. The summed E-state index contributed by atoms with van der Waals surface area (Å²) in [6, 6.07) is 8.20. The second-order valence-electron chi connectivity index (χ2n) is 8.02. The van der Waals surface area contributed by atoms with E-state index < -0.39 is 0 Å². The molecule has 0 aliphatic carbocycles. The summed E-state index contributed by atoms with van der Waals surface area (Å²) in [5.41, 5.74) is 1.14. The van der Waals surface area contributed by atoms with Gasteiger partial charge in [-0.15, -0.1) is 34.2 Å². The number of aryl methyl sites for hydroxylation is 1. The zero-order valence-corrected chi connectivity index (χ0v) is 21.5. The molecule has 2 aliphatic rings. The average molecular weight is 555 g/mol. The SMILES string of the molecule is COc1ccccc1N1CCN(C(=NCc2nnc(C)n2C)NCC2CCCO2)CC1.I. The smallest absolute Gasteiger partial charge is 0.194 e. The second-order valence-corrected chi connectivity index (χ2v) is 8.02. The lowest BCUT2D eigenvalue weighted by atomic mass is 10.2. The van der Waals surface area contributed by atoms with Crippen LogP contribution in [0.4, 0.5) is 5.69 Å².